The van der Waals surface area contributed by atoms with E-state index in [1.807, 2.05) is 22.6 Å². The lowest BCUT2D eigenvalue weighted by Gasteiger charge is -2.31. The van der Waals surface area contributed by atoms with Crippen molar-refractivity contribution in [2.75, 3.05) is 26.0 Å². The lowest BCUT2D eigenvalue weighted by Crippen LogP contribution is -2.40. The van der Waals surface area contributed by atoms with Crippen molar-refractivity contribution < 1.29 is 14.4 Å². The molecule has 2 aromatic heterocycles. The third-order valence-electron chi connectivity index (χ3n) is 6.15. The number of hydrogen-bond donors (Lipinski definition) is 0. The molecular formula is C24H23Cl2N5O3S2. The van der Waals surface area contributed by atoms with Crippen LogP contribution in [0.3, 0.4) is 0 Å². The number of carbonyl (C=O) groups is 1. The minimum Gasteiger partial charge on any atom is -0.466 e. The maximum atomic E-state index is 12.7. The molecule has 36 heavy (non-hydrogen) atoms. The van der Waals surface area contributed by atoms with Crippen LogP contribution in [0.1, 0.15) is 47.5 Å². The molecule has 5 rings (SSSR count). The molecule has 1 saturated heterocycles. The Balaban J connectivity index is 1.13. The number of benzene rings is 1. The predicted octanol–water partition coefficient (Wildman–Crippen LogP) is 5.61. The molecule has 188 valence electrons. The van der Waals surface area contributed by atoms with Gasteiger partial charge >= 0.3 is 0 Å². The third-order valence-corrected chi connectivity index (χ3v) is 8.40. The van der Waals surface area contributed by atoms with Crippen molar-refractivity contribution in [2.45, 2.75) is 36.3 Å². The zero-order chi connectivity index (χ0) is 25.1. The topological polar surface area (TPSA) is 89.8 Å². The van der Waals surface area contributed by atoms with E-state index in [2.05, 4.69) is 15.1 Å². The van der Waals surface area contributed by atoms with Crippen LogP contribution >= 0.6 is 46.3 Å². The Morgan fingerprint density at radius 3 is 2.86 bits per heavy atom. The number of thiazole rings is 1. The highest BCUT2D eigenvalue weighted by Gasteiger charge is 2.30. The normalized spacial score (nSPS) is 18.1. The fraction of sp³-hybridized carbons (Fsp3) is 0.375. The van der Waals surface area contributed by atoms with Crippen LogP contribution in [0.2, 0.25) is 10.0 Å². The van der Waals surface area contributed by atoms with Crippen molar-refractivity contribution in [3.63, 3.8) is 0 Å². The molecule has 3 aromatic rings. The number of piperidine rings is 1. The van der Waals surface area contributed by atoms with Gasteiger partial charge in [0.2, 0.25) is 5.88 Å². The monoisotopic (exact) mass is 563 g/mol. The summed E-state index contributed by atoms with van der Waals surface area (Å²) in [6, 6.07) is 5.33. The first-order valence-corrected chi connectivity index (χ1v) is 14.3. The van der Waals surface area contributed by atoms with Gasteiger partial charge in [-0.05, 0) is 37.3 Å². The number of carbonyl (C=O) groups excluding carboxylic acids is 1. The van der Waals surface area contributed by atoms with Gasteiger partial charge in [0.15, 0.2) is 17.7 Å². The van der Waals surface area contributed by atoms with Gasteiger partial charge in [0, 0.05) is 58.8 Å². The molecule has 1 aromatic carbocycles. The van der Waals surface area contributed by atoms with E-state index in [1.54, 1.807) is 35.9 Å². The van der Waals surface area contributed by atoms with Crippen molar-refractivity contribution in [1.82, 2.24) is 19.9 Å². The Kier molecular flexibility index (Phi) is 7.95. The van der Waals surface area contributed by atoms with E-state index in [-0.39, 0.29) is 18.6 Å². The zero-order valence-corrected chi connectivity index (χ0v) is 22.5. The van der Waals surface area contributed by atoms with Gasteiger partial charge in [-0.1, -0.05) is 28.4 Å². The second-order valence-corrected chi connectivity index (χ2v) is 10.9. The maximum absolute atomic E-state index is 12.7. The second-order valence-electron chi connectivity index (χ2n) is 8.39. The summed E-state index contributed by atoms with van der Waals surface area (Å²) in [4.78, 5) is 33.4. The van der Waals surface area contributed by atoms with E-state index < -0.39 is 0 Å². The number of thioether (sulfide) groups is 1. The van der Waals surface area contributed by atoms with E-state index >= 15 is 0 Å². The fourth-order valence-electron chi connectivity index (χ4n) is 4.21. The number of nitrogens with zero attached hydrogens (tertiary/aromatic N) is 5. The van der Waals surface area contributed by atoms with Crippen LogP contribution in [0.25, 0.3) is 0 Å². The summed E-state index contributed by atoms with van der Waals surface area (Å²) < 4.78 is 5.63. The van der Waals surface area contributed by atoms with E-state index in [4.69, 9.17) is 37.8 Å². The fourth-order valence-corrected chi connectivity index (χ4v) is 6.09. The van der Waals surface area contributed by atoms with Gasteiger partial charge < -0.3 is 14.5 Å². The SMILES string of the molecule is CSc1nccnc1OCC(=O)N1CCC(c2nc(C3=NOC(c4cc(Cl)ccc4Cl)C3)cs2)CC1. The van der Waals surface area contributed by atoms with Gasteiger partial charge in [-0.25, -0.2) is 15.0 Å². The number of likely N-dealkylation sites (tertiary alicyclic amines) is 1. The summed E-state index contributed by atoms with van der Waals surface area (Å²) in [5, 5.41) is 9.23. The van der Waals surface area contributed by atoms with Gasteiger partial charge in [-0.2, -0.15) is 0 Å². The van der Waals surface area contributed by atoms with Crippen LogP contribution in [0, 0.1) is 0 Å². The van der Waals surface area contributed by atoms with Gasteiger partial charge in [0.1, 0.15) is 5.71 Å². The van der Waals surface area contributed by atoms with E-state index in [0.717, 1.165) is 34.8 Å². The first-order valence-electron chi connectivity index (χ1n) is 11.4. The Labute approximate surface area is 227 Å². The third kappa shape index (κ3) is 5.61. The molecule has 2 aliphatic rings. The van der Waals surface area contributed by atoms with Crippen molar-refractivity contribution in [1.29, 1.82) is 0 Å². The van der Waals surface area contributed by atoms with E-state index in [9.17, 15) is 4.79 Å². The number of hydrogen-bond acceptors (Lipinski definition) is 9. The lowest BCUT2D eigenvalue weighted by molar-refractivity contribution is -0.134. The van der Waals surface area contributed by atoms with Crippen LogP contribution in [0.15, 0.2) is 46.2 Å². The molecular weight excluding hydrogens is 541 g/mol. The molecule has 0 N–H and O–H groups in total. The largest absolute Gasteiger partial charge is 0.466 e. The summed E-state index contributed by atoms with van der Waals surface area (Å²) in [5.74, 6) is 0.647. The highest BCUT2D eigenvalue weighted by molar-refractivity contribution is 7.98. The number of rotatable bonds is 7. The summed E-state index contributed by atoms with van der Waals surface area (Å²) in [6.07, 6.45) is 7.07. The number of aromatic nitrogens is 3. The quantitative estimate of drug-likeness (QED) is 0.345. The molecule has 1 unspecified atom stereocenters. The highest BCUT2D eigenvalue weighted by Crippen LogP contribution is 2.36. The van der Waals surface area contributed by atoms with Gasteiger partial charge in [-0.3, -0.25) is 4.79 Å². The van der Waals surface area contributed by atoms with Crippen LogP contribution in [-0.2, 0) is 9.63 Å². The number of oxime groups is 1. The Morgan fingerprint density at radius 1 is 1.25 bits per heavy atom. The Hall–Kier alpha value is -2.40. The number of halogens is 2. The molecule has 0 spiro atoms. The molecule has 1 atom stereocenters. The average molecular weight is 565 g/mol. The van der Waals surface area contributed by atoms with E-state index in [1.165, 1.54) is 11.8 Å². The minimum atomic E-state index is -0.276. The number of amides is 1. The van der Waals surface area contributed by atoms with Crippen LogP contribution in [-0.4, -0.2) is 57.4 Å². The van der Waals surface area contributed by atoms with Gasteiger partial charge in [0.25, 0.3) is 5.91 Å². The Bertz CT molecular complexity index is 1280. The van der Waals surface area contributed by atoms with Crippen molar-refractivity contribution in [3.8, 4) is 5.88 Å². The molecule has 2 aliphatic heterocycles. The summed E-state index contributed by atoms with van der Waals surface area (Å²) in [5.41, 5.74) is 2.46. The average Bonchev–Trinajstić information content (AvgIpc) is 3.59. The second kappa shape index (κ2) is 11.3. The zero-order valence-electron chi connectivity index (χ0n) is 19.4. The van der Waals surface area contributed by atoms with Crippen molar-refractivity contribution in [3.05, 3.63) is 62.3 Å². The summed E-state index contributed by atoms with van der Waals surface area (Å²) in [6.45, 7) is 1.28. The lowest BCUT2D eigenvalue weighted by atomic mass is 9.97. The van der Waals surface area contributed by atoms with E-state index in [0.29, 0.717) is 46.4 Å². The van der Waals surface area contributed by atoms with Gasteiger partial charge in [0.05, 0.1) is 10.7 Å². The first kappa shape index (κ1) is 25.3. The standard InChI is InChI=1S/C24H23Cl2N5O3S2/c1-35-24-22(27-6-7-28-24)33-12-21(32)31-8-4-14(5-9-31)23-29-19(13-36-23)18-11-20(34-30-18)16-10-15(25)2-3-17(16)26/h2-3,6-7,10,13-14,20H,4-5,8-9,11-12H2,1H3. The van der Waals surface area contributed by atoms with Crippen LogP contribution in [0.5, 0.6) is 5.88 Å². The molecule has 1 amide bonds. The number of ether oxygens (including phenoxy) is 1. The summed E-state index contributed by atoms with van der Waals surface area (Å²) in [7, 11) is 0. The molecule has 8 nitrogen and oxygen atoms in total. The molecule has 0 aliphatic carbocycles. The molecule has 4 heterocycles. The minimum absolute atomic E-state index is 0.0457. The van der Waals surface area contributed by atoms with Gasteiger partial charge in [-0.15, -0.1) is 23.1 Å². The van der Waals surface area contributed by atoms with Crippen LogP contribution in [0.4, 0.5) is 0 Å². The van der Waals surface area contributed by atoms with Crippen LogP contribution < -0.4 is 4.74 Å². The maximum Gasteiger partial charge on any atom is 0.260 e. The molecule has 1 fully saturated rings. The molecule has 12 heteroatoms. The van der Waals surface area contributed by atoms with Crippen molar-refractivity contribution in [2.24, 2.45) is 5.16 Å². The molecule has 0 bridgehead atoms. The molecule has 0 saturated carbocycles. The first-order chi connectivity index (χ1) is 17.5. The van der Waals surface area contributed by atoms with Crippen molar-refractivity contribution >= 4 is 57.9 Å². The molecule has 0 radical (unpaired) electrons. The predicted molar refractivity (Wildman–Crippen MR) is 141 cm³/mol. The smallest absolute Gasteiger partial charge is 0.260 e. The highest BCUT2D eigenvalue weighted by atomic mass is 35.5. The summed E-state index contributed by atoms with van der Waals surface area (Å²) >= 11 is 15.5. The Morgan fingerprint density at radius 2 is 2.06 bits per heavy atom.